The summed E-state index contributed by atoms with van der Waals surface area (Å²) >= 11 is 0. The molecule has 1 aromatic rings. The fourth-order valence-corrected chi connectivity index (χ4v) is 1.49. The summed E-state index contributed by atoms with van der Waals surface area (Å²) in [5.41, 5.74) is -0.709. The van der Waals surface area contributed by atoms with Crippen LogP contribution in [0, 0.1) is 10.1 Å². The third-order valence-corrected chi connectivity index (χ3v) is 2.40. The van der Waals surface area contributed by atoms with E-state index in [1.54, 1.807) is 0 Å². The Hall–Kier alpha value is -2.32. The maximum atomic E-state index is 11.9. The first-order chi connectivity index (χ1) is 9.20. The summed E-state index contributed by atoms with van der Waals surface area (Å²) in [7, 11) is 0. The van der Waals surface area contributed by atoms with Crippen LogP contribution in [0.15, 0.2) is 18.2 Å². The fourth-order valence-electron chi connectivity index (χ4n) is 1.49. The van der Waals surface area contributed by atoms with E-state index in [-0.39, 0.29) is 24.2 Å². The van der Waals surface area contributed by atoms with Crippen molar-refractivity contribution in [2.24, 2.45) is 0 Å². The van der Waals surface area contributed by atoms with E-state index in [0.717, 1.165) is 18.2 Å². The molecule has 0 saturated carbocycles. The standard InChI is InChI=1S/C11H11F3N2O4/c12-11(13,14)4-1-5-15-9-3-2-7(16(19)20)6-8(9)10(17)18/h2-3,6,15H,1,4-5H2,(H,17,18). The number of nitrogens with zero attached hydrogens (tertiary/aromatic N) is 1. The Bertz CT molecular complexity index is 517. The van der Waals surface area contributed by atoms with Crippen molar-refractivity contribution in [2.75, 3.05) is 11.9 Å². The number of nitrogens with one attached hydrogen (secondary N) is 1. The lowest BCUT2D eigenvalue weighted by atomic mass is 10.1. The SMILES string of the molecule is O=C(O)c1cc([N+](=O)[O-])ccc1NCCCC(F)(F)F. The molecule has 0 aliphatic rings. The summed E-state index contributed by atoms with van der Waals surface area (Å²) in [5.74, 6) is -1.40. The summed E-state index contributed by atoms with van der Waals surface area (Å²) in [5, 5.41) is 22.0. The largest absolute Gasteiger partial charge is 0.478 e. The maximum Gasteiger partial charge on any atom is 0.389 e. The van der Waals surface area contributed by atoms with Crippen LogP contribution in [0.4, 0.5) is 24.5 Å². The number of non-ortho nitro benzene ring substituents is 1. The summed E-state index contributed by atoms with van der Waals surface area (Å²) in [4.78, 5) is 20.7. The minimum absolute atomic E-state index is 0.0466. The zero-order chi connectivity index (χ0) is 15.3. The van der Waals surface area contributed by atoms with Gasteiger partial charge in [-0.2, -0.15) is 13.2 Å². The molecule has 1 aromatic carbocycles. The number of nitro groups is 1. The van der Waals surface area contributed by atoms with Gasteiger partial charge >= 0.3 is 12.1 Å². The van der Waals surface area contributed by atoms with Crippen molar-refractivity contribution < 1.29 is 28.0 Å². The number of halogens is 3. The highest BCUT2D eigenvalue weighted by atomic mass is 19.4. The molecule has 20 heavy (non-hydrogen) atoms. The molecule has 0 aliphatic carbocycles. The number of hydrogen-bond donors (Lipinski definition) is 2. The Kier molecular flexibility index (Phi) is 4.89. The quantitative estimate of drug-likeness (QED) is 0.477. The van der Waals surface area contributed by atoms with Gasteiger partial charge in [-0.05, 0) is 12.5 Å². The van der Waals surface area contributed by atoms with Crippen LogP contribution >= 0.6 is 0 Å². The van der Waals surface area contributed by atoms with E-state index >= 15 is 0 Å². The molecule has 0 aromatic heterocycles. The van der Waals surface area contributed by atoms with E-state index in [9.17, 15) is 28.1 Å². The van der Waals surface area contributed by atoms with Crippen LogP contribution < -0.4 is 5.32 Å². The molecule has 0 unspecified atom stereocenters. The molecule has 0 bridgehead atoms. The topological polar surface area (TPSA) is 92.5 Å². The number of nitro benzene ring substituents is 1. The van der Waals surface area contributed by atoms with Gasteiger partial charge in [-0.1, -0.05) is 0 Å². The van der Waals surface area contributed by atoms with Crippen LogP contribution in [0.25, 0.3) is 0 Å². The molecule has 0 saturated heterocycles. The monoisotopic (exact) mass is 292 g/mol. The van der Waals surface area contributed by atoms with Crippen LogP contribution in [0.5, 0.6) is 0 Å². The Labute approximate surface area is 111 Å². The first-order valence-electron chi connectivity index (χ1n) is 5.53. The van der Waals surface area contributed by atoms with Crippen molar-refractivity contribution >= 4 is 17.3 Å². The van der Waals surface area contributed by atoms with Crippen LogP contribution in [0.1, 0.15) is 23.2 Å². The first kappa shape index (κ1) is 15.7. The molecule has 6 nitrogen and oxygen atoms in total. The van der Waals surface area contributed by atoms with Gasteiger partial charge in [0.1, 0.15) is 0 Å². The van der Waals surface area contributed by atoms with Gasteiger partial charge < -0.3 is 10.4 Å². The molecule has 9 heteroatoms. The number of carboxylic acids is 1. The second kappa shape index (κ2) is 6.22. The van der Waals surface area contributed by atoms with Crippen molar-refractivity contribution in [1.29, 1.82) is 0 Å². The van der Waals surface area contributed by atoms with Crippen molar-refractivity contribution in [2.45, 2.75) is 19.0 Å². The minimum Gasteiger partial charge on any atom is -0.478 e. The van der Waals surface area contributed by atoms with Gasteiger partial charge in [0.2, 0.25) is 0 Å². The van der Waals surface area contributed by atoms with E-state index in [4.69, 9.17) is 5.11 Å². The zero-order valence-corrected chi connectivity index (χ0v) is 10.1. The molecule has 110 valence electrons. The highest BCUT2D eigenvalue weighted by Gasteiger charge is 2.26. The van der Waals surface area contributed by atoms with E-state index in [0.29, 0.717) is 0 Å². The van der Waals surface area contributed by atoms with Gasteiger partial charge in [0.25, 0.3) is 5.69 Å². The fraction of sp³-hybridized carbons (Fsp3) is 0.364. The number of benzene rings is 1. The molecule has 2 N–H and O–H groups in total. The van der Waals surface area contributed by atoms with Crippen molar-refractivity contribution in [3.8, 4) is 0 Å². The van der Waals surface area contributed by atoms with Crippen molar-refractivity contribution in [3.63, 3.8) is 0 Å². The van der Waals surface area contributed by atoms with Crippen LogP contribution in [0.3, 0.4) is 0 Å². The zero-order valence-electron chi connectivity index (χ0n) is 10.1. The maximum absolute atomic E-state index is 11.9. The predicted molar refractivity (Wildman–Crippen MR) is 63.8 cm³/mol. The molecule has 0 atom stereocenters. The third-order valence-electron chi connectivity index (χ3n) is 2.40. The third kappa shape index (κ3) is 4.75. The number of carboxylic acid groups (broad SMARTS) is 1. The molecular weight excluding hydrogens is 281 g/mol. The van der Waals surface area contributed by atoms with E-state index in [1.807, 2.05) is 0 Å². The highest BCUT2D eigenvalue weighted by molar-refractivity contribution is 5.95. The van der Waals surface area contributed by atoms with Gasteiger partial charge in [0.05, 0.1) is 10.5 Å². The number of aromatic carboxylic acids is 1. The Morgan fingerprint density at radius 2 is 2.05 bits per heavy atom. The lowest BCUT2D eigenvalue weighted by Crippen LogP contribution is -2.12. The van der Waals surface area contributed by atoms with E-state index < -0.39 is 29.2 Å². The number of alkyl halides is 3. The molecule has 1 rings (SSSR count). The molecular formula is C11H11F3N2O4. The van der Waals surface area contributed by atoms with Crippen LogP contribution in [0.2, 0.25) is 0 Å². The summed E-state index contributed by atoms with van der Waals surface area (Å²) in [6, 6.07) is 3.10. The second-order valence-electron chi connectivity index (χ2n) is 3.94. The predicted octanol–water partition coefficient (Wildman–Crippen LogP) is 3.05. The molecule has 0 aliphatic heterocycles. The number of rotatable bonds is 6. The average molecular weight is 292 g/mol. The molecule has 0 amide bonds. The normalized spacial score (nSPS) is 11.2. The molecule has 0 spiro atoms. The van der Waals surface area contributed by atoms with Gasteiger partial charge in [-0.15, -0.1) is 0 Å². The Balaban J connectivity index is 2.75. The van der Waals surface area contributed by atoms with E-state index in [2.05, 4.69) is 5.32 Å². The summed E-state index contributed by atoms with van der Waals surface area (Å²) in [6.07, 6.45) is -5.48. The van der Waals surface area contributed by atoms with E-state index in [1.165, 1.54) is 0 Å². The lowest BCUT2D eigenvalue weighted by molar-refractivity contribution is -0.384. The molecule has 0 heterocycles. The Morgan fingerprint density at radius 1 is 1.40 bits per heavy atom. The number of hydrogen-bond acceptors (Lipinski definition) is 4. The Morgan fingerprint density at radius 3 is 2.55 bits per heavy atom. The average Bonchev–Trinajstić information content (AvgIpc) is 2.33. The minimum atomic E-state index is -4.27. The van der Waals surface area contributed by atoms with Crippen LogP contribution in [-0.4, -0.2) is 28.7 Å². The lowest BCUT2D eigenvalue weighted by Gasteiger charge is -2.10. The molecule has 0 fully saturated rings. The highest BCUT2D eigenvalue weighted by Crippen LogP contribution is 2.24. The van der Waals surface area contributed by atoms with Gasteiger partial charge in [0.15, 0.2) is 0 Å². The van der Waals surface area contributed by atoms with Gasteiger partial charge in [-0.3, -0.25) is 10.1 Å². The number of anilines is 1. The summed E-state index contributed by atoms with van der Waals surface area (Å²) < 4.78 is 35.8. The van der Waals surface area contributed by atoms with Gasteiger partial charge in [-0.25, -0.2) is 4.79 Å². The van der Waals surface area contributed by atoms with Crippen molar-refractivity contribution in [3.05, 3.63) is 33.9 Å². The van der Waals surface area contributed by atoms with Crippen LogP contribution in [-0.2, 0) is 0 Å². The second-order valence-corrected chi connectivity index (χ2v) is 3.94. The smallest absolute Gasteiger partial charge is 0.389 e. The number of carbonyl (C=O) groups is 1. The molecule has 0 radical (unpaired) electrons. The first-order valence-corrected chi connectivity index (χ1v) is 5.53. The summed E-state index contributed by atoms with van der Waals surface area (Å²) in [6.45, 7) is -0.0857. The van der Waals surface area contributed by atoms with Gasteiger partial charge in [0, 0.05) is 30.8 Å². The van der Waals surface area contributed by atoms with Crippen molar-refractivity contribution in [1.82, 2.24) is 0 Å².